The first-order valence-electron chi connectivity index (χ1n) is 7.06. The van der Waals surface area contributed by atoms with Crippen molar-refractivity contribution in [1.29, 1.82) is 0 Å². The van der Waals surface area contributed by atoms with Crippen LogP contribution in [-0.4, -0.2) is 42.9 Å². The minimum atomic E-state index is -2.94. The zero-order chi connectivity index (χ0) is 14.8. The Bertz CT molecular complexity index is 479. The maximum Gasteiger partial charge on any atom is 0.310 e. The monoisotopic (exact) mass is 303 g/mol. The predicted octanol–water partition coefficient (Wildman–Crippen LogP) is 0.715. The lowest BCUT2D eigenvalue weighted by Gasteiger charge is -2.27. The Balaban J connectivity index is 1.88. The minimum Gasteiger partial charge on any atom is -0.481 e. The minimum absolute atomic E-state index is 0.00554. The molecule has 1 aliphatic carbocycles. The van der Waals surface area contributed by atoms with E-state index in [9.17, 15) is 23.1 Å². The van der Waals surface area contributed by atoms with Crippen LogP contribution in [0.1, 0.15) is 44.9 Å². The first-order valence-corrected chi connectivity index (χ1v) is 8.88. The third-order valence-corrected chi connectivity index (χ3v) is 6.15. The molecule has 0 spiro atoms. The molecule has 0 aromatic heterocycles. The van der Waals surface area contributed by atoms with Crippen LogP contribution in [0.2, 0.25) is 0 Å². The Hall–Kier alpha value is -1.11. The van der Waals surface area contributed by atoms with E-state index in [0.717, 1.165) is 12.8 Å². The zero-order valence-electron chi connectivity index (χ0n) is 11.4. The molecular weight excluding hydrogens is 282 g/mol. The first-order chi connectivity index (χ1) is 9.33. The van der Waals surface area contributed by atoms with Crippen LogP contribution >= 0.6 is 0 Å². The Morgan fingerprint density at radius 3 is 2.20 bits per heavy atom. The van der Waals surface area contributed by atoms with Crippen LogP contribution in [0.15, 0.2) is 0 Å². The lowest BCUT2D eigenvalue weighted by molar-refractivity contribution is -0.151. The smallest absolute Gasteiger partial charge is 0.310 e. The summed E-state index contributed by atoms with van der Waals surface area (Å²) in [7, 11) is -2.94. The van der Waals surface area contributed by atoms with E-state index in [0.29, 0.717) is 25.7 Å². The average Bonchev–Trinajstić information content (AvgIpc) is 2.82. The van der Waals surface area contributed by atoms with E-state index in [1.807, 2.05) is 0 Å². The highest BCUT2D eigenvalue weighted by molar-refractivity contribution is 7.91. The molecule has 1 aliphatic heterocycles. The summed E-state index contributed by atoms with van der Waals surface area (Å²) in [6.07, 6.45) is 3.65. The molecule has 114 valence electrons. The van der Waals surface area contributed by atoms with E-state index in [1.165, 1.54) is 0 Å². The van der Waals surface area contributed by atoms with Gasteiger partial charge in [-0.15, -0.1) is 0 Å². The van der Waals surface area contributed by atoms with Gasteiger partial charge in [0, 0.05) is 12.5 Å². The molecule has 20 heavy (non-hydrogen) atoms. The summed E-state index contributed by atoms with van der Waals surface area (Å²) in [5.74, 6) is -0.959. The summed E-state index contributed by atoms with van der Waals surface area (Å²) < 4.78 is 22.6. The van der Waals surface area contributed by atoms with Crippen molar-refractivity contribution in [3.8, 4) is 0 Å². The van der Waals surface area contributed by atoms with Gasteiger partial charge in [-0.25, -0.2) is 8.42 Å². The number of carbonyl (C=O) groups excluding carboxylic acids is 1. The van der Waals surface area contributed by atoms with Crippen molar-refractivity contribution < 1.29 is 23.1 Å². The number of aliphatic carboxylic acids is 1. The van der Waals surface area contributed by atoms with Crippen LogP contribution in [0.5, 0.6) is 0 Å². The Labute approximate surface area is 118 Å². The third kappa shape index (κ3) is 3.50. The highest BCUT2D eigenvalue weighted by atomic mass is 32.2. The summed E-state index contributed by atoms with van der Waals surface area (Å²) in [5, 5.41) is 12.1. The van der Waals surface area contributed by atoms with Crippen LogP contribution < -0.4 is 5.32 Å². The van der Waals surface area contributed by atoms with Crippen molar-refractivity contribution in [3.63, 3.8) is 0 Å². The van der Waals surface area contributed by atoms with Gasteiger partial charge in [-0.05, 0) is 25.7 Å². The normalized spacial score (nSPS) is 25.2. The van der Waals surface area contributed by atoms with E-state index >= 15 is 0 Å². The summed E-state index contributed by atoms with van der Waals surface area (Å²) in [6, 6.07) is -0.140. The molecule has 1 saturated heterocycles. The first kappa shape index (κ1) is 15.3. The molecule has 0 aromatic rings. The van der Waals surface area contributed by atoms with E-state index < -0.39 is 21.2 Å². The molecule has 0 bridgehead atoms. The van der Waals surface area contributed by atoms with E-state index in [-0.39, 0.29) is 29.9 Å². The van der Waals surface area contributed by atoms with Crippen LogP contribution in [0.25, 0.3) is 0 Å². The fourth-order valence-electron chi connectivity index (χ4n) is 3.14. The van der Waals surface area contributed by atoms with E-state index in [1.54, 1.807) is 0 Å². The Morgan fingerprint density at radius 2 is 1.70 bits per heavy atom. The number of rotatable bonds is 4. The topological polar surface area (TPSA) is 101 Å². The lowest BCUT2D eigenvalue weighted by Crippen LogP contribution is -2.43. The summed E-state index contributed by atoms with van der Waals surface area (Å²) in [4.78, 5) is 23.4. The second-order valence-electron chi connectivity index (χ2n) is 5.96. The molecule has 0 atom stereocenters. The fourth-order valence-corrected chi connectivity index (χ4v) is 4.63. The van der Waals surface area contributed by atoms with Gasteiger partial charge in [-0.2, -0.15) is 0 Å². The molecule has 1 saturated carbocycles. The number of carbonyl (C=O) groups is 2. The molecule has 0 unspecified atom stereocenters. The lowest BCUT2D eigenvalue weighted by atomic mass is 9.82. The molecule has 0 radical (unpaired) electrons. The SMILES string of the molecule is O=C(CC1(C(=O)O)CCCC1)NC1CCS(=O)(=O)CC1. The molecule has 2 rings (SSSR count). The maximum absolute atomic E-state index is 12.0. The Morgan fingerprint density at radius 1 is 1.15 bits per heavy atom. The van der Waals surface area contributed by atoms with Crippen molar-refractivity contribution in [3.05, 3.63) is 0 Å². The molecular formula is C13H21NO5S. The quantitative estimate of drug-likeness (QED) is 0.797. The largest absolute Gasteiger partial charge is 0.481 e. The van der Waals surface area contributed by atoms with Crippen molar-refractivity contribution in [2.75, 3.05) is 11.5 Å². The van der Waals surface area contributed by atoms with Gasteiger partial charge in [0.25, 0.3) is 0 Å². The van der Waals surface area contributed by atoms with Crippen LogP contribution in [0, 0.1) is 5.41 Å². The van der Waals surface area contributed by atoms with Gasteiger partial charge in [0.1, 0.15) is 9.84 Å². The molecule has 1 amide bonds. The van der Waals surface area contributed by atoms with Gasteiger partial charge in [0.2, 0.25) is 5.91 Å². The molecule has 2 N–H and O–H groups in total. The van der Waals surface area contributed by atoms with Gasteiger partial charge < -0.3 is 10.4 Å². The molecule has 0 aromatic carbocycles. The number of hydrogen-bond donors (Lipinski definition) is 2. The van der Waals surface area contributed by atoms with Gasteiger partial charge >= 0.3 is 5.97 Å². The second-order valence-corrected chi connectivity index (χ2v) is 8.27. The van der Waals surface area contributed by atoms with Gasteiger partial charge in [-0.1, -0.05) is 12.8 Å². The Kier molecular flexibility index (Phi) is 4.36. The number of amides is 1. The van der Waals surface area contributed by atoms with Gasteiger partial charge in [0.05, 0.1) is 16.9 Å². The summed E-state index contributed by atoms with van der Waals surface area (Å²) >= 11 is 0. The standard InChI is InChI=1S/C13H21NO5S/c15-11(9-13(12(16)17)5-1-2-6-13)14-10-3-7-20(18,19)8-4-10/h10H,1-9H2,(H,14,15)(H,16,17). The van der Waals surface area contributed by atoms with Crippen LogP contribution in [0.3, 0.4) is 0 Å². The average molecular weight is 303 g/mol. The third-order valence-electron chi connectivity index (χ3n) is 4.43. The predicted molar refractivity (Wildman–Crippen MR) is 73.0 cm³/mol. The number of carboxylic acid groups (broad SMARTS) is 1. The van der Waals surface area contributed by atoms with Crippen molar-refractivity contribution >= 4 is 21.7 Å². The molecule has 7 heteroatoms. The zero-order valence-corrected chi connectivity index (χ0v) is 12.2. The molecule has 2 fully saturated rings. The fraction of sp³-hybridized carbons (Fsp3) is 0.846. The molecule has 1 heterocycles. The number of nitrogens with one attached hydrogen (secondary N) is 1. The van der Waals surface area contributed by atoms with Crippen molar-refractivity contribution in [1.82, 2.24) is 5.32 Å². The van der Waals surface area contributed by atoms with Crippen LogP contribution in [-0.2, 0) is 19.4 Å². The number of carboxylic acids is 1. The van der Waals surface area contributed by atoms with Gasteiger partial charge in [0.15, 0.2) is 0 Å². The van der Waals surface area contributed by atoms with Crippen molar-refractivity contribution in [2.45, 2.75) is 51.0 Å². The second kappa shape index (κ2) is 5.71. The maximum atomic E-state index is 12.0. The number of sulfone groups is 1. The summed E-state index contributed by atoms with van der Waals surface area (Å²) in [6.45, 7) is 0. The highest BCUT2D eigenvalue weighted by Gasteiger charge is 2.43. The highest BCUT2D eigenvalue weighted by Crippen LogP contribution is 2.41. The molecule has 2 aliphatic rings. The summed E-state index contributed by atoms with van der Waals surface area (Å²) in [5.41, 5.74) is -0.912. The van der Waals surface area contributed by atoms with Crippen LogP contribution in [0.4, 0.5) is 0 Å². The number of hydrogen-bond acceptors (Lipinski definition) is 4. The van der Waals surface area contributed by atoms with Gasteiger partial charge in [-0.3, -0.25) is 9.59 Å². The molecule has 6 nitrogen and oxygen atoms in total. The van der Waals surface area contributed by atoms with Crippen molar-refractivity contribution in [2.24, 2.45) is 5.41 Å². The van der Waals surface area contributed by atoms with E-state index in [4.69, 9.17) is 0 Å². The van der Waals surface area contributed by atoms with E-state index in [2.05, 4.69) is 5.32 Å².